The van der Waals surface area contributed by atoms with Gasteiger partial charge in [0, 0.05) is 13.1 Å². The lowest BCUT2D eigenvalue weighted by atomic mass is 9.84. The van der Waals surface area contributed by atoms with Gasteiger partial charge in [-0.05, 0) is 31.6 Å². The Morgan fingerprint density at radius 1 is 0.722 bits per heavy atom. The highest BCUT2D eigenvalue weighted by Crippen LogP contribution is 2.27. The summed E-state index contributed by atoms with van der Waals surface area (Å²) in [5.41, 5.74) is 0. The third kappa shape index (κ3) is 19.6. The number of carboxylic acid groups (broad SMARTS) is 1. The van der Waals surface area contributed by atoms with Crippen molar-refractivity contribution < 1.29 is 24.2 Å². The van der Waals surface area contributed by atoms with Gasteiger partial charge >= 0.3 is 12.1 Å². The fraction of sp³-hybridized carbons (Fsp3) is 0.900. The molecule has 0 heterocycles. The predicted molar refractivity (Wildman–Crippen MR) is 148 cm³/mol. The van der Waals surface area contributed by atoms with E-state index in [1.165, 1.54) is 70.6 Å². The lowest BCUT2D eigenvalue weighted by Crippen LogP contribution is -2.34. The van der Waals surface area contributed by atoms with Crippen LogP contribution in [0.5, 0.6) is 0 Å². The van der Waals surface area contributed by atoms with Crippen LogP contribution in [0.3, 0.4) is 0 Å². The topological polar surface area (TPSA) is 83.9 Å². The monoisotopic (exact) mass is 511 g/mol. The summed E-state index contributed by atoms with van der Waals surface area (Å²) in [6.45, 7) is 7.59. The standard InChI is InChI=1S/C30H57NO5/c1-4-7-10-11-12-13-17-22-31(30(35)36-25-24-32)23-18-16-21-28(29(33)34)26-27(19-14-8-5-2)20-15-9-6-3/h24,27-28H,4-23,25-26H2,1-3H3,(H,33,34). The molecule has 1 N–H and O–H groups in total. The molecule has 6 heteroatoms. The summed E-state index contributed by atoms with van der Waals surface area (Å²) in [6, 6.07) is 0. The van der Waals surface area contributed by atoms with Crippen molar-refractivity contribution in [3.8, 4) is 0 Å². The van der Waals surface area contributed by atoms with Gasteiger partial charge in [0.1, 0.15) is 6.61 Å². The molecular weight excluding hydrogens is 454 g/mol. The van der Waals surface area contributed by atoms with E-state index in [1.807, 2.05) is 0 Å². The van der Waals surface area contributed by atoms with E-state index in [2.05, 4.69) is 20.8 Å². The van der Waals surface area contributed by atoms with Gasteiger partial charge in [-0.1, -0.05) is 117 Å². The first-order chi connectivity index (χ1) is 17.5. The van der Waals surface area contributed by atoms with Crippen LogP contribution in [0.25, 0.3) is 0 Å². The molecule has 0 aliphatic rings. The molecule has 0 fully saturated rings. The third-order valence-corrected chi connectivity index (χ3v) is 7.19. The van der Waals surface area contributed by atoms with Crippen molar-refractivity contribution >= 4 is 18.3 Å². The Bertz CT molecular complexity index is 529. The van der Waals surface area contributed by atoms with Crippen molar-refractivity contribution in [3.63, 3.8) is 0 Å². The van der Waals surface area contributed by atoms with Gasteiger partial charge in [0.05, 0.1) is 5.92 Å². The molecule has 0 aromatic carbocycles. The first-order valence-corrected chi connectivity index (χ1v) is 15.1. The van der Waals surface area contributed by atoms with Gasteiger partial charge in [-0.25, -0.2) is 4.79 Å². The molecule has 1 amide bonds. The molecule has 0 aromatic heterocycles. The first-order valence-electron chi connectivity index (χ1n) is 15.1. The van der Waals surface area contributed by atoms with E-state index < -0.39 is 12.1 Å². The van der Waals surface area contributed by atoms with Crippen LogP contribution in [0.4, 0.5) is 4.79 Å². The number of aliphatic carboxylic acids is 1. The maximum Gasteiger partial charge on any atom is 0.410 e. The van der Waals surface area contributed by atoms with Gasteiger partial charge in [-0.3, -0.25) is 9.59 Å². The molecule has 0 radical (unpaired) electrons. The minimum Gasteiger partial charge on any atom is -0.481 e. The molecule has 0 spiro atoms. The summed E-state index contributed by atoms with van der Waals surface area (Å²) < 4.78 is 5.05. The zero-order valence-corrected chi connectivity index (χ0v) is 23.8. The van der Waals surface area contributed by atoms with Gasteiger partial charge in [0.2, 0.25) is 0 Å². The average Bonchev–Trinajstić information content (AvgIpc) is 2.86. The number of hydrogen-bond donors (Lipinski definition) is 1. The van der Waals surface area contributed by atoms with Crippen molar-refractivity contribution in [3.05, 3.63) is 0 Å². The summed E-state index contributed by atoms with van der Waals surface area (Å²) in [4.78, 5) is 36.7. The summed E-state index contributed by atoms with van der Waals surface area (Å²) in [5, 5.41) is 9.86. The molecule has 0 bridgehead atoms. The fourth-order valence-electron chi connectivity index (χ4n) is 4.93. The lowest BCUT2D eigenvalue weighted by molar-refractivity contribution is -0.142. The molecule has 0 saturated heterocycles. The average molecular weight is 512 g/mol. The second-order valence-electron chi connectivity index (χ2n) is 10.5. The maximum absolute atomic E-state index is 12.4. The van der Waals surface area contributed by atoms with Gasteiger partial charge in [-0.2, -0.15) is 0 Å². The number of carboxylic acids is 1. The Balaban J connectivity index is 4.63. The maximum atomic E-state index is 12.4. The number of carbonyl (C=O) groups is 3. The highest BCUT2D eigenvalue weighted by molar-refractivity contribution is 5.70. The molecule has 0 aliphatic carbocycles. The Labute approximate surface area is 221 Å². The van der Waals surface area contributed by atoms with Crippen molar-refractivity contribution in [2.45, 2.75) is 143 Å². The van der Waals surface area contributed by atoms with E-state index >= 15 is 0 Å². The SMILES string of the molecule is CCCCCCCCCN(CCCCC(CC(CCCCC)CCCCC)C(=O)O)C(=O)OCC=O. The summed E-state index contributed by atoms with van der Waals surface area (Å²) in [7, 11) is 0. The molecular formula is C30H57NO5. The van der Waals surface area contributed by atoms with E-state index in [0.717, 1.165) is 44.9 Å². The van der Waals surface area contributed by atoms with Crippen molar-refractivity contribution in [1.29, 1.82) is 0 Å². The molecule has 0 rings (SSSR count). The third-order valence-electron chi connectivity index (χ3n) is 7.19. The van der Waals surface area contributed by atoms with Crippen LogP contribution >= 0.6 is 0 Å². The minimum atomic E-state index is -0.684. The van der Waals surface area contributed by atoms with E-state index in [4.69, 9.17) is 4.74 Å². The molecule has 36 heavy (non-hydrogen) atoms. The molecule has 0 saturated carbocycles. The van der Waals surface area contributed by atoms with Crippen LogP contribution in [-0.4, -0.2) is 48.1 Å². The highest BCUT2D eigenvalue weighted by Gasteiger charge is 2.22. The lowest BCUT2D eigenvalue weighted by Gasteiger charge is -2.23. The van der Waals surface area contributed by atoms with Gasteiger partial charge in [0.25, 0.3) is 0 Å². The number of unbranched alkanes of at least 4 members (excludes halogenated alkanes) is 11. The Kier molecular flexibility index (Phi) is 24.0. The Morgan fingerprint density at radius 3 is 1.72 bits per heavy atom. The molecule has 1 atom stereocenters. The summed E-state index contributed by atoms with van der Waals surface area (Å²) in [5.74, 6) is -0.496. The van der Waals surface area contributed by atoms with Crippen LogP contribution < -0.4 is 0 Å². The number of rotatable bonds is 26. The number of amides is 1. The second kappa shape index (κ2) is 25.1. The van der Waals surface area contributed by atoms with E-state index in [-0.39, 0.29) is 12.5 Å². The first kappa shape index (κ1) is 34.4. The van der Waals surface area contributed by atoms with Gasteiger partial charge in [0.15, 0.2) is 6.29 Å². The number of aldehydes is 1. The van der Waals surface area contributed by atoms with Crippen LogP contribution in [0.1, 0.15) is 143 Å². The van der Waals surface area contributed by atoms with Crippen molar-refractivity contribution in [1.82, 2.24) is 4.90 Å². The normalized spacial score (nSPS) is 12.0. The van der Waals surface area contributed by atoms with Crippen molar-refractivity contribution in [2.24, 2.45) is 11.8 Å². The number of hydrogen-bond acceptors (Lipinski definition) is 4. The Morgan fingerprint density at radius 2 is 1.19 bits per heavy atom. The molecule has 0 aromatic rings. The van der Waals surface area contributed by atoms with Gasteiger partial charge in [-0.15, -0.1) is 0 Å². The largest absolute Gasteiger partial charge is 0.481 e. The molecule has 6 nitrogen and oxygen atoms in total. The highest BCUT2D eigenvalue weighted by atomic mass is 16.6. The smallest absolute Gasteiger partial charge is 0.410 e. The minimum absolute atomic E-state index is 0.217. The predicted octanol–water partition coefficient (Wildman–Crippen LogP) is 8.41. The van der Waals surface area contributed by atoms with E-state index in [9.17, 15) is 19.5 Å². The molecule has 212 valence electrons. The molecule has 1 unspecified atom stereocenters. The quantitative estimate of drug-likeness (QED) is 0.0930. The van der Waals surface area contributed by atoms with Crippen LogP contribution in [0.2, 0.25) is 0 Å². The van der Waals surface area contributed by atoms with E-state index in [0.29, 0.717) is 31.7 Å². The Hall–Kier alpha value is -1.59. The zero-order valence-electron chi connectivity index (χ0n) is 23.8. The molecule has 0 aliphatic heterocycles. The second-order valence-corrected chi connectivity index (χ2v) is 10.5. The summed E-state index contributed by atoms with van der Waals surface area (Å²) >= 11 is 0. The van der Waals surface area contributed by atoms with Crippen molar-refractivity contribution in [2.75, 3.05) is 19.7 Å². The van der Waals surface area contributed by atoms with Crippen LogP contribution in [0.15, 0.2) is 0 Å². The van der Waals surface area contributed by atoms with Gasteiger partial charge < -0.3 is 14.7 Å². The van der Waals surface area contributed by atoms with Crippen LogP contribution in [0, 0.1) is 11.8 Å². The fourth-order valence-corrected chi connectivity index (χ4v) is 4.93. The number of nitrogens with zero attached hydrogens (tertiary/aromatic N) is 1. The van der Waals surface area contributed by atoms with Crippen LogP contribution in [-0.2, 0) is 14.3 Å². The zero-order chi connectivity index (χ0) is 26.9. The summed E-state index contributed by atoms with van der Waals surface area (Å²) in [6.07, 6.45) is 20.8. The number of carbonyl (C=O) groups excluding carboxylic acids is 2. The van der Waals surface area contributed by atoms with E-state index in [1.54, 1.807) is 4.90 Å². The number of ether oxygens (including phenoxy) is 1.